The maximum absolute atomic E-state index is 13.0. The maximum Gasteiger partial charge on any atom is 0.292 e. The van der Waals surface area contributed by atoms with E-state index in [0.717, 1.165) is 11.2 Å². The van der Waals surface area contributed by atoms with Crippen molar-refractivity contribution in [3.8, 4) is 0 Å². The summed E-state index contributed by atoms with van der Waals surface area (Å²) in [6.07, 6.45) is 5.57. The van der Waals surface area contributed by atoms with Crippen molar-refractivity contribution in [1.29, 1.82) is 0 Å². The van der Waals surface area contributed by atoms with Gasteiger partial charge in [-0.2, -0.15) is 9.55 Å². The highest BCUT2D eigenvalue weighted by atomic mass is 32.2. The Balaban J connectivity index is 1.39. The molecule has 38 heavy (non-hydrogen) atoms. The number of primary amides is 1. The number of hydrogen-bond acceptors (Lipinski definition) is 12. The van der Waals surface area contributed by atoms with E-state index in [2.05, 4.69) is 15.5 Å². The van der Waals surface area contributed by atoms with E-state index in [1.807, 2.05) is 0 Å². The van der Waals surface area contributed by atoms with Crippen LogP contribution in [0.2, 0.25) is 0 Å². The molecule has 2 aliphatic heterocycles. The van der Waals surface area contributed by atoms with Gasteiger partial charge in [0.05, 0.1) is 17.9 Å². The van der Waals surface area contributed by atoms with Gasteiger partial charge in [0, 0.05) is 16.7 Å². The van der Waals surface area contributed by atoms with Gasteiger partial charge in [0.1, 0.15) is 36.0 Å². The molecule has 0 radical (unpaired) electrons. The van der Waals surface area contributed by atoms with E-state index in [-0.39, 0.29) is 41.0 Å². The van der Waals surface area contributed by atoms with Crippen LogP contribution in [0.25, 0.3) is 11.0 Å². The highest BCUT2D eigenvalue weighted by Gasteiger charge is 2.53. The highest BCUT2D eigenvalue weighted by Crippen LogP contribution is 2.40. The summed E-state index contributed by atoms with van der Waals surface area (Å²) >= 11 is 1.24. The Kier molecular flexibility index (Phi) is 6.23. The van der Waals surface area contributed by atoms with E-state index in [0.29, 0.717) is 16.5 Å². The van der Waals surface area contributed by atoms with E-state index < -0.39 is 35.1 Å². The number of nitrogens with one attached hydrogen (secondary N) is 1. The van der Waals surface area contributed by atoms with Gasteiger partial charge in [-0.25, -0.2) is 0 Å². The molecule has 0 bridgehead atoms. The number of nitrogens with zero attached hydrogens (tertiary/aromatic N) is 4. The van der Waals surface area contributed by atoms with E-state index in [1.54, 1.807) is 16.8 Å². The number of amides is 3. The van der Waals surface area contributed by atoms with Gasteiger partial charge in [0.25, 0.3) is 23.7 Å². The van der Waals surface area contributed by atoms with Gasteiger partial charge in [-0.1, -0.05) is 5.16 Å². The van der Waals surface area contributed by atoms with Gasteiger partial charge in [-0.3, -0.25) is 19.3 Å². The molecular weight excluding hydrogens is 522 g/mol. The summed E-state index contributed by atoms with van der Waals surface area (Å²) in [4.78, 5) is 59.5. The third-order valence-electron chi connectivity index (χ3n) is 5.89. The number of thioether (sulfide) groups is 1. The summed E-state index contributed by atoms with van der Waals surface area (Å²) in [5.74, 6) is -3.51. The summed E-state index contributed by atoms with van der Waals surface area (Å²) in [5, 5.41) is 18.1. The van der Waals surface area contributed by atoms with Crippen molar-refractivity contribution in [3.05, 3.63) is 53.5 Å². The number of pyridine rings is 1. The van der Waals surface area contributed by atoms with Crippen molar-refractivity contribution in [1.82, 2.24) is 15.2 Å². The average Bonchev–Trinajstić information content (AvgIpc) is 3.53. The van der Waals surface area contributed by atoms with Crippen LogP contribution in [0.1, 0.15) is 16.1 Å². The Labute approximate surface area is 217 Å². The normalized spacial score (nSPS) is 19.2. The number of nitrogens with two attached hydrogens (primary N) is 2. The number of fused-ring (bicyclic) bond motifs is 2. The van der Waals surface area contributed by atoms with Crippen molar-refractivity contribution in [3.63, 3.8) is 0 Å². The summed E-state index contributed by atoms with van der Waals surface area (Å²) in [7, 11) is 1.22. The molecule has 0 aliphatic carbocycles. The fourth-order valence-corrected chi connectivity index (χ4v) is 5.61. The number of anilines is 1. The zero-order valence-electron chi connectivity index (χ0n) is 19.6. The second kappa shape index (κ2) is 9.55. The number of carbonyl (C=O) groups is 4. The first kappa shape index (κ1) is 24.8. The number of carboxylic acids is 1. The molecule has 16 heteroatoms. The number of oxime groups is 1. The third-order valence-corrected chi connectivity index (χ3v) is 7.23. The highest BCUT2D eigenvalue weighted by molar-refractivity contribution is 8.00. The van der Waals surface area contributed by atoms with Crippen LogP contribution in [0.15, 0.2) is 56.2 Å². The van der Waals surface area contributed by atoms with Crippen LogP contribution in [0.3, 0.4) is 0 Å². The van der Waals surface area contributed by atoms with E-state index in [9.17, 15) is 24.3 Å². The van der Waals surface area contributed by atoms with Crippen LogP contribution in [-0.4, -0.2) is 63.6 Å². The molecular formula is C22H19N7O8S. The molecule has 1 saturated heterocycles. The first-order valence-electron chi connectivity index (χ1n) is 10.9. The van der Waals surface area contributed by atoms with Gasteiger partial charge >= 0.3 is 0 Å². The van der Waals surface area contributed by atoms with Gasteiger partial charge in [-0.05, 0) is 6.07 Å². The lowest BCUT2D eigenvalue weighted by atomic mass is 10.0. The van der Waals surface area contributed by atoms with Crippen molar-refractivity contribution >= 4 is 58.1 Å². The number of hydrogen-bond donors (Lipinski definition) is 3. The smallest absolute Gasteiger partial charge is 0.292 e. The average molecular weight is 542 g/mol. The minimum Gasteiger partial charge on any atom is -0.543 e. The SMILES string of the molecule is CON=C(C(=O)NC1C(=O)N2C(C(=O)[O-])=C(C[n+]3cc(C(N)=O)c4ccoc4c3)CS[C@H]12)c1coc(N)n1. The zero-order valence-corrected chi connectivity index (χ0v) is 20.4. The van der Waals surface area contributed by atoms with Crippen molar-refractivity contribution < 1.29 is 42.5 Å². The second-order valence-corrected chi connectivity index (χ2v) is 9.31. The first-order chi connectivity index (χ1) is 18.2. The number of carboxylic acid groups (broad SMARTS) is 1. The molecule has 3 aromatic heterocycles. The number of oxazole rings is 1. The van der Waals surface area contributed by atoms with Gasteiger partial charge in [0.15, 0.2) is 24.0 Å². The number of β-lactam (4-membered cyclic amide) rings is 1. The second-order valence-electron chi connectivity index (χ2n) is 8.20. The molecule has 15 nitrogen and oxygen atoms in total. The first-order valence-corrected chi connectivity index (χ1v) is 12.0. The largest absolute Gasteiger partial charge is 0.543 e. The number of carbonyl (C=O) groups excluding carboxylic acids is 4. The predicted octanol–water partition coefficient (Wildman–Crippen LogP) is -2.16. The fraction of sp³-hybridized carbons (Fsp3) is 0.227. The quantitative estimate of drug-likeness (QED) is 0.121. The lowest BCUT2D eigenvalue weighted by molar-refractivity contribution is -0.688. The molecule has 1 fully saturated rings. The topological polar surface area (TPSA) is 223 Å². The number of furan rings is 1. The molecule has 2 atom stereocenters. The van der Waals surface area contributed by atoms with Crippen molar-refractivity contribution in [2.75, 3.05) is 18.6 Å². The Morgan fingerprint density at radius 3 is 2.82 bits per heavy atom. The monoisotopic (exact) mass is 541 g/mol. The summed E-state index contributed by atoms with van der Waals surface area (Å²) in [5.41, 5.74) is 11.3. The van der Waals surface area contributed by atoms with Crippen LogP contribution in [0.5, 0.6) is 0 Å². The number of rotatable bonds is 8. The molecule has 0 aromatic carbocycles. The summed E-state index contributed by atoms with van der Waals surface area (Å²) in [6, 6.07) is 0.345. The van der Waals surface area contributed by atoms with Crippen molar-refractivity contribution in [2.45, 2.75) is 18.0 Å². The van der Waals surface area contributed by atoms with E-state index in [1.165, 1.54) is 31.3 Å². The Morgan fingerprint density at radius 2 is 2.16 bits per heavy atom. The van der Waals surface area contributed by atoms with E-state index >= 15 is 0 Å². The third kappa shape index (κ3) is 4.19. The molecule has 5 heterocycles. The van der Waals surface area contributed by atoms with Crippen LogP contribution in [-0.2, 0) is 25.8 Å². The molecule has 2 aliphatic rings. The molecule has 196 valence electrons. The van der Waals surface area contributed by atoms with Crippen molar-refractivity contribution in [2.24, 2.45) is 10.9 Å². The summed E-state index contributed by atoms with van der Waals surface area (Å²) in [6.45, 7) is 0.0129. The molecule has 5 rings (SSSR count). The summed E-state index contributed by atoms with van der Waals surface area (Å²) < 4.78 is 11.8. The molecule has 5 N–H and O–H groups in total. The minimum atomic E-state index is -1.56. The number of nitrogen functional groups attached to an aromatic ring is 1. The van der Waals surface area contributed by atoms with Crippen LogP contribution in [0.4, 0.5) is 6.01 Å². The van der Waals surface area contributed by atoms with Crippen LogP contribution >= 0.6 is 11.8 Å². The molecule has 3 aromatic rings. The zero-order chi connectivity index (χ0) is 27.1. The van der Waals surface area contributed by atoms with Gasteiger partial charge in [0.2, 0.25) is 6.20 Å². The molecule has 1 unspecified atom stereocenters. The standard InChI is InChI=1S/C22H19N7O8S/c1-35-27-14(12-7-37-22(24)25-12)18(31)26-15-19(32)29-16(21(33)34)9(8-38-20(15)29)4-28-5-11(17(23)30)10-2-3-36-13(10)6-28/h2-3,5-7,15,20H,4,8H2,1H3,(H5-,23,24,25,26,30,31,33,34)/t15?,20-/m1/s1. The Bertz CT molecular complexity index is 1560. The molecule has 0 saturated carbocycles. The van der Waals surface area contributed by atoms with Crippen LogP contribution < -0.4 is 26.5 Å². The number of aliphatic carboxylic acids is 1. The number of aromatic nitrogens is 2. The van der Waals surface area contributed by atoms with E-state index in [4.69, 9.17) is 25.1 Å². The Hall–Kier alpha value is -4.86. The Morgan fingerprint density at radius 1 is 1.37 bits per heavy atom. The lowest BCUT2D eigenvalue weighted by Gasteiger charge is -2.50. The maximum atomic E-state index is 13.0. The lowest BCUT2D eigenvalue weighted by Crippen LogP contribution is -2.71. The van der Waals surface area contributed by atoms with Gasteiger partial charge in [-0.15, -0.1) is 11.8 Å². The predicted molar refractivity (Wildman–Crippen MR) is 126 cm³/mol. The van der Waals surface area contributed by atoms with Crippen LogP contribution in [0, 0.1) is 0 Å². The molecule has 3 amide bonds. The minimum absolute atomic E-state index is 0.0129. The molecule has 0 spiro atoms. The fourth-order valence-electron chi connectivity index (χ4n) is 4.27. The van der Waals surface area contributed by atoms with Gasteiger partial charge < -0.3 is 40.4 Å².